The minimum atomic E-state index is -4.00. The highest BCUT2D eigenvalue weighted by Gasteiger charge is 2.36. The molecule has 2 aliphatic rings. The maximum absolute atomic E-state index is 14.2. The summed E-state index contributed by atoms with van der Waals surface area (Å²) >= 11 is 0. The number of hydrogen-bond donors (Lipinski definition) is 2. The van der Waals surface area contributed by atoms with Crippen LogP contribution >= 0.6 is 0 Å². The monoisotopic (exact) mass is 786 g/mol. The molecule has 3 aromatic carbocycles. The summed E-state index contributed by atoms with van der Waals surface area (Å²) in [6.45, 7) is 1.78. The van der Waals surface area contributed by atoms with E-state index in [2.05, 4.69) is 4.98 Å². The molecule has 1 saturated heterocycles. The zero-order valence-corrected chi connectivity index (χ0v) is 32.4. The molecule has 4 heterocycles. The van der Waals surface area contributed by atoms with Crippen LogP contribution in [-0.4, -0.2) is 100 Å². The van der Waals surface area contributed by atoms with Gasteiger partial charge in [-0.1, -0.05) is 30.3 Å². The summed E-state index contributed by atoms with van der Waals surface area (Å²) in [6.07, 6.45) is 1.96. The van der Waals surface area contributed by atoms with Gasteiger partial charge in [0.15, 0.2) is 5.76 Å². The van der Waals surface area contributed by atoms with E-state index >= 15 is 0 Å². The van der Waals surface area contributed by atoms with Crippen molar-refractivity contribution < 1.29 is 32.5 Å². The maximum atomic E-state index is 14.2. The van der Waals surface area contributed by atoms with Gasteiger partial charge in [-0.3, -0.25) is 18.8 Å². The average molecular weight is 787 g/mol. The van der Waals surface area contributed by atoms with Gasteiger partial charge in [0.2, 0.25) is 16.3 Å². The molecule has 0 saturated carbocycles. The van der Waals surface area contributed by atoms with Crippen LogP contribution in [0.25, 0.3) is 16.7 Å². The summed E-state index contributed by atoms with van der Waals surface area (Å²) in [7, 11) is -0.714. The number of carbonyl (C=O) groups is 1. The number of rotatable bonds is 13. The van der Waals surface area contributed by atoms with Gasteiger partial charge < -0.3 is 29.2 Å². The summed E-state index contributed by atoms with van der Waals surface area (Å²) in [5, 5.41) is 9.75. The number of aliphatic hydroxyl groups excluding tert-OH is 1. The van der Waals surface area contributed by atoms with Crippen LogP contribution in [0.5, 0.6) is 5.75 Å². The van der Waals surface area contributed by atoms with Gasteiger partial charge in [-0.2, -0.15) is 4.31 Å². The van der Waals surface area contributed by atoms with Crippen LogP contribution in [0.15, 0.2) is 105 Å². The number of nitrogens with zero attached hydrogens (tertiary/aromatic N) is 5. The lowest BCUT2D eigenvalue weighted by Gasteiger charge is -2.35. The fourth-order valence-electron chi connectivity index (χ4n) is 7.69. The number of aromatic amines is 1. The van der Waals surface area contributed by atoms with Crippen molar-refractivity contribution in [2.45, 2.75) is 49.3 Å². The maximum Gasteiger partial charge on any atom is 0.326 e. The number of sulfonamides is 1. The average Bonchev–Trinajstić information content (AvgIpc) is 3.67. The van der Waals surface area contributed by atoms with Crippen molar-refractivity contribution in [2.24, 2.45) is 7.05 Å². The molecular formula is C40H46N6O9S. The van der Waals surface area contributed by atoms with E-state index in [1.54, 1.807) is 44.1 Å². The largest absolute Gasteiger partial charge is 0.497 e. The molecule has 2 aliphatic heterocycles. The van der Waals surface area contributed by atoms with Crippen molar-refractivity contribution in [1.29, 1.82) is 0 Å². The van der Waals surface area contributed by atoms with E-state index in [0.29, 0.717) is 48.6 Å². The fourth-order valence-corrected chi connectivity index (χ4v) is 9.11. The van der Waals surface area contributed by atoms with Gasteiger partial charge in [-0.15, -0.1) is 0 Å². The number of nitrogens with one attached hydrogen (secondary N) is 1. The summed E-state index contributed by atoms with van der Waals surface area (Å²) in [5.41, 5.74) is 3.03. The number of methoxy groups -OCH3 is 1. The smallest absolute Gasteiger partial charge is 0.326 e. The number of aromatic nitrogens is 4. The summed E-state index contributed by atoms with van der Waals surface area (Å²) in [5.74, 6) is -0.410. The number of hydrogen-bond acceptors (Lipinski definition) is 9. The number of imidazole rings is 1. The number of likely N-dealkylation sites (tertiary alicyclic amines) is 1. The molecule has 2 aromatic heterocycles. The topological polar surface area (TPSA) is 170 Å². The Kier molecular flexibility index (Phi) is 11.3. The lowest BCUT2D eigenvalue weighted by Crippen LogP contribution is -2.43. The van der Waals surface area contributed by atoms with Gasteiger partial charge in [-0.25, -0.2) is 17.9 Å². The molecule has 0 bridgehead atoms. The predicted octanol–water partition coefficient (Wildman–Crippen LogP) is 3.41. The van der Waals surface area contributed by atoms with Crippen molar-refractivity contribution in [3.8, 4) is 11.4 Å². The number of benzene rings is 3. The molecule has 2 N–H and O–H groups in total. The van der Waals surface area contributed by atoms with Crippen LogP contribution in [0.3, 0.4) is 0 Å². The van der Waals surface area contributed by atoms with E-state index in [9.17, 15) is 27.9 Å². The molecule has 16 heteroatoms. The molecule has 0 aliphatic carbocycles. The van der Waals surface area contributed by atoms with Gasteiger partial charge in [0, 0.05) is 62.9 Å². The first-order valence-corrected chi connectivity index (χ1v) is 20.0. The SMILES string of the molecule is COc1ccc(S(=O)(=O)N(CCO)CCO[C@@H]2C[C@H](c3c(C)n(C)n(-c4ccccc4)c3=O)C=C(C(=O)N3CCC(n4c(=O)[nH]c5ccccc54)CC3)O2)cc1. The molecule has 7 rings (SSSR count). The van der Waals surface area contributed by atoms with Crippen molar-refractivity contribution in [1.82, 2.24) is 28.1 Å². The van der Waals surface area contributed by atoms with E-state index in [4.69, 9.17) is 14.2 Å². The predicted molar refractivity (Wildman–Crippen MR) is 208 cm³/mol. The Hall–Kier alpha value is -5.42. The lowest BCUT2D eigenvalue weighted by atomic mass is 9.92. The van der Waals surface area contributed by atoms with E-state index in [1.165, 1.54) is 19.2 Å². The Labute approximate surface area is 324 Å². The minimum Gasteiger partial charge on any atom is -0.497 e. The van der Waals surface area contributed by atoms with Crippen LogP contribution in [0.1, 0.15) is 42.5 Å². The zero-order chi connectivity index (χ0) is 39.6. The Bertz CT molecular complexity index is 2440. The molecule has 2 atom stereocenters. The van der Waals surface area contributed by atoms with E-state index in [-0.39, 0.29) is 60.0 Å². The molecule has 0 radical (unpaired) electrons. The third-order valence-electron chi connectivity index (χ3n) is 10.7. The van der Waals surface area contributed by atoms with E-state index in [1.807, 2.05) is 61.5 Å². The second-order valence-electron chi connectivity index (χ2n) is 13.9. The summed E-state index contributed by atoms with van der Waals surface area (Å²) in [6, 6.07) is 22.6. The number of ether oxygens (including phenoxy) is 3. The Morgan fingerprint density at radius 3 is 2.38 bits per heavy atom. The lowest BCUT2D eigenvalue weighted by molar-refractivity contribution is -0.153. The Morgan fingerprint density at radius 2 is 1.68 bits per heavy atom. The highest BCUT2D eigenvalue weighted by Crippen LogP contribution is 2.34. The molecule has 1 amide bonds. The Morgan fingerprint density at radius 1 is 0.982 bits per heavy atom. The second kappa shape index (κ2) is 16.4. The first-order chi connectivity index (χ1) is 27.0. The molecule has 296 valence electrons. The van der Waals surface area contributed by atoms with Gasteiger partial charge >= 0.3 is 5.69 Å². The van der Waals surface area contributed by atoms with Crippen molar-refractivity contribution in [3.05, 3.63) is 123 Å². The van der Waals surface area contributed by atoms with Crippen molar-refractivity contribution in [3.63, 3.8) is 0 Å². The fraction of sp³-hybridized carbons (Fsp3) is 0.375. The molecule has 5 aromatic rings. The zero-order valence-electron chi connectivity index (χ0n) is 31.5. The van der Waals surface area contributed by atoms with Gasteiger partial charge in [0.1, 0.15) is 5.75 Å². The number of aliphatic hydroxyl groups is 1. The van der Waals surface area contributed by atoms with Crippen molar-refractivity contribution >= 4 is 27.0 Å². The quantitative estimate of drug-likeness (QED) is 0.182. The number of para-hydroxylation sites is 3. The Balaban J connectivity index is 1.13. The number of carbonyl (C=O) groups excluding carboxylic acids is 1. The second-order valence-corrected chi connectivity index (χ2v) is 15.8. The van der Waals surface area contributed by atoms with Crippen molar-refractivity contribution in [2.75, 3.05) is 46.5 Å². The first-order valence-electron chi connectivity index (χ1n) is 18.6. The number of piperidine rings is 1. The standard InChI is InChI=1S/C40H46N6O9S/c1-27-37(39(49)46(42(27)2)30-9-5-4-6-10-30)28-25-35(38(48)43-19-17-29(18-20-43)45-34-12-8-7-11-33(34)41-40(45)50)55-36(26-28)54-24-22-44(21-23-47)56(51,52)32-15-13-31(53-3)14-16-32/h4-16,25,28-29,36,47H,17-24,26H2,1-3H3,(H,41,50)/t28-,36+/m1/s1. The van der Waals surface area contributed by atoms with Crippen LogP contribution in [0.2, 0.25) is 0 Å². The van der Waals surface area contributed by atoms with Crippen LogP contribution in [0.4, 0.5) is 0 Å². The third kappa shape index (κ3) is 7.56. The highest BCUT2D eigenvalue weighted by atomic mass is 32.2. The third-order valence-corrected chi connectivity index (χ3v) is 12.6. The van der Waals surface area contributed by atoms with E-state index in [0.717, 1.165) is 15.3 Å². The summed E-state index contributed by atoms with van der Waals surface area (Å²) in [4.78, 5) is 45.9. The van der Waals surface area contributed by atoms with Crippen LogP contribution in [0, 0.1) is 6.92 Å². The molecular weight excluding hydrogens is 741 g/mol. The molecule has 0 unspecified atom stereocenters. The first kappa shape index (κ1) is 38.8. The molecule has 0 spiro atoms. The van der Waals surface area contributed by atoms with Crippen LogP contribution in [-0.2, 0) is 31.3 Å². The van der Waals surface area contributed by atoms with Gasteiger partial charge in [0.05, 0.1) is 41.9 Å². The minimum absolute atomic E-state index is 0.0287. The van der Waals surface area contributed by atoms with E-state index < -0.39 is 28.8 Å². The number of amides is 1. The molecule has 15 nitrogen and oxygen atoms in total. The van der Waals surface area contributed by atoms with Crippen LogP contribution < -0.4 is 16.0 Å². The van der Waals surface area contributed by atoms with Gasteiger partial charge in [-0.05, 0) is 74.4 Å². The molecule has 56 heavy (non-hydrogen) atoms. The highest BCUT2D eigenvalue weighted by molar-refractivity contribution is 7.89. The summed E-state index contributed by atoms with van der Waals surface area (Å²) < 4.78 is 50.9. The molecule has 1 fully saturated rings. The van der Waals surface area contributed by atoms with Gasteiger partial charge in [0.25, 0.3) is 11.5 Å². The normalized spacial score (nSPS) is 17.9. The number of H-pyrrole nitrogens is 1. The number of fused-ring (bicyclic) bond motifs is 1. The number of allylic oxidation sites excluding steroid dienone is 1.